The Balaban J connectivity index is 2.02. The largest absolute Gasteiger partial charge is 0.396 e. The Labute approximate surface area is 135 Å². The predicted octanol–water partition coefficient (Wildman–Crippen LogP) is 1.71. The van der Waals surface area contributed by atoms with Gasteiger partial charge in [-0.1, -0.05) is 48.5 Å². The first kappa shape index (κ1) is 16.7. The molecule has 0 heterocycles. The summed E-state index contributed by atoms with van der Waals surface area (Å²) in [5.41, 5.74) is 2.69. The smallest absolute Gasteiger partial charge is 0.313 e. The van der Waals surface area contributed by atoms with Crippen LogP contribution in [0.25, 0.3) is 0 Å². The van der Waals surface area contributed by atoms with E-state index < -0.39 is 11.8 Å². The molecular formula is C18H20N2O3. The molecule has 0 aliphatic carbocycles. The van der Waals surface area contributed by atoms with Crippen LogP contribution in [-0.4, -0.2) is 30.1 Å². The third-order valence-electron chi connectivity index (χ3n) is 3.33. The highest BCUT2D eigenvalue weighted by atomic mass is 16.3. The number of carbonyl (C=O) groups is 2. The number of anilines is 1. The van der Waals surface area contributed by atoms with Gasteiger partial charge in [-0.2, -0.15) is 0 Å². The molecule has 0 radical (unpaired) electrons. The van der Waals surface area contributed by atoms with Crippen molar-refractivity contribution in [2.75, 3.05) is 18.5 Å². The quantitative estimate of drug-likeness (QED) is 0.561. The van der Waals surface area contributed by atoms with Crippen molar-refractivity contribution in [1.29, 1.82) is 0 Å². The van der Waals surface area contributed by atoms with Gasteiger partial charge in [-0.25, -0.2) is 0 Å². The van der Waals surface area contributed by atoms with Gasteiger partial charge in [-0.05, 0) is 30.0 Å². The van der Waals surface area contributed by atoms with Crippen molar-refractivity contribution in [3.05, 3.63) is 65.7 Å². The van der Waals surface area contributed by atoms with Crippen LogP contribution in [0.15, 0.2) is 54.6 Å². The third-order valence-corrected chi connectivity index (χ3v) is 3.33. The average molecular weight is 312 g/mol. The fraction of sp³-hybridized carbons (Fsp3) is 0.222. The van der Waals surface area contributed by atoms with Crippen LogP contribution >= 0.6 is 0 Å². The molecule has 0 aromatic heterocycles. The van der Waals surface area contributed by atoms with Gasteiger partial charge in [0.25, 0.3) is 0 Å². The minimum Gasteiger partial charge on any atom is -0.396 e. The van der Waals surface area contributed by atoms with Crippen molar-refractivity contribution >= 4 is 17.5 Å². The lowest BCUT2D eigenvalue weighted by molar-refractivity contribution is -0.136. The zero-order valence-electron chi connectivity index (χ0n) is 12.8. The molecule has 0 fully saturated rings. The number of aliphatic hydroxyl groups is 1. The topological polar surface area (TPSA) is 78.4 Å². The molecule has 23 heavy (non-hydrogen) atoms. The zero-order valence-corrected chi connectivity index (χ0v) is 12.8. The molecule has 2 aromatic carbocycles. The Morgan fingerprint density at radius 1 is 0.913 bits per heavy atom. The molecule has 0 atom stereocenters. The normalized spacial score (nSPS) is 10.1. The second-order valence-electron chi connectivity index (χ2n) is 5.11. The summed E-state index contributed by atoms with van der Waals surface area (Å²) in [6.07, 6.45) is 1.09. The maximum absolute atomic E-state index is 11.9. The summed E-state index contributed by atoms with van der Waals surface area (Å²) < 4.78 is 0. The van der Waals surface area contributed by atoms with Crippen molar-refractivity contribution in [3.8, 4) is 0 Å². The monoisotopic (exact) mass is 312 g/mol. The molecule has 5 heteroatoms. The van der Waals surface area contributed by atoms with Crippen molar-refractivity contribution < 1.29 is 14.7 Å². The summed E-state index contributed by atoms with van der Waals surface area (Å²) in [7, 11) is 0. The molecule has 0 unspecified atom stereocenters. The second kappa shape index (κ2) is 8.70. The van der Waals surface area contributed by atoms with Crippen molar-refractivity contribution in [2.24, 2.45) is 0 Å². The lowest BCUT2D eigenvalue weighted by atomic mass is 10.0. The van der Waals surface area contributed by atoms with E-state index >= 15 is 0 Å². The SMILES string of the molecule is O=C(NCCCO)C(=O)Nc1ccccc1Cc1ccccc1. The van der Waals surface area contributed by atoms with Crippen molar-refractivity contribution in [3.63, 3.8) is 0 Å². The Bertz CT molecular complexity index is 656. The fourth-order valence-corrected chi connectivity index (χ4v) is 2.15. The van der Waals surface area contributed by atoms with Crippen LogP contribution in [0.2, 0.25) is 0 Å². The highest BCUT2D eigenvalue weighted by Gasteiger charge is 2.14. The summed E-state index contributed by atoms with van der Waals surface area (Å²) in [6, 6.07) is 17.3. The summed E-state index contributed by atoms with van der Waals surface area (Å²) >= 11 is 0. The van der Waals surface area contributed by atoms with Gasteiger partial charge in [-0.3, -0.25) is 9.59 Å². The van der Waals surface area contributed by atoms with Crippen LogP contribution in [0.3, 0.4) is 0 Å². The minimum absolute atomic E-state index is 0.0260. The molecule has 2 aromatic rings. The number of nitrogens with one attached hydrogen (secondary N) is 2. The van der Waals surface area contributed by atoms with Gasteiger partial charge in [0, 0.05) is 18.8 Å². The predicted molar refractivity (Wildman–Crippen MR) is 89.0 cm³/mol. The molecule has 0 spiro atoms. The maximum Gasteiger partial charge on any atom is 0.313 e. The highest BCUT2D eigenvalue weighted by Crippen LogP contribution is 2.19. The van der Waals surface area contributed by atoms with Gasteiger partial charge in [0.2, 0.25) is 0 Å². The van der Waals surface area contributed by atoms with Gasteiger partial charge in [-0.15, -0.1) is 0 Å². The van der Waals surface area contributed by atoms with Gasteiger partial charge in [0.1, 0.15) is 0 Å². The van der Waals surface area contributed by atoms with Crippen molar-refractivity contribution in [1.82, 2.24) is 5.32 Å². The molecule has 0 aliphatic rings. The Hall–Kier alpha value is -2.66. The Morgan fingerprint density at radius 2 is 1.61 bits per heavy atom. The van der Waals surface area contributed by atoms with E-state index in [4.69, 9.17) is 5.11 Å². The first-order chi connectivity index (χ1) is 11.2. The molecule has 2 rings (SSSR count). The first-order valence-electron chi connectivity index (χ1n) is 7.52. The summed E-state index contributed by atoms with van der Waals surface area (Å²) in [5.74, 6) is -1.41. The first-order valence-corrected chi connectivity index (χ1v) is 7.52. The molecular weight excluding hydrogens is 292 g/mol. The number of rotatable bonds is 6. The summed E-state index contributed by atoms with van der Waals surface area (Å²) in [6.45, 7) is 0.246. The minimum atomic E-state index is -0.705. The number of aliphatic hydroxyl groups excluding tert-OH is 1. The number of amides is 2. The molecule has 5 nitrogen and oxygen atoms in total. The van der Waals surface area contributed by atoms with Gasteiger partial charge in [0.15, 0.2) is 0 Å². The van der Waals surface area contributed by atoms with Crippen LogP contribution in [0.5, 0.6) is 0 Å². The third kappa shape index (κ3) is 5.23. The van der Waals surface area contributed by atoms with E-state index in [9.17, 15) is 9.59 Å². The number of para-hydroxylation sites is 1. The van der Waals surface area contributed by atoms with Crippen LogP contribution < -0.4 is 10.6 Å². The molecule has 3 N–H and O–H groups in total. The van der Waals surface area contributed by atoms with Gasteiger partial charge >= 0.3 is 11.8 Å². The molecule has 0 aliphatic heterocycles. The molecule has 0 saturated heterocycles. The van der Waals surface area contributed by atoms with E-state index in [1.807, 2.05) is 48.5 Å². The molecule has 2 amide bonds. The number of carbonyl (C=O) groups excluding carboxylic acids is 2. The van der Waals surface area contributed by atoms with E-state index in [0.717, 1.165) is 11.1 Å². The highest BCUT2D eigenvalue weighted by molar-refractivity contribution is 6.39. The van der Waals surface area contributed by atoms with E-state index in [-0.39, 0.29) is 13.2 Å². The van der Waals surface area contributed by atoms with Gasteiger partial charge < -0.3 is 15.7 Å². The maximum atomic E-state index is 11.9. The fourth-order valence-electron chi connectivity index (χ4n) is 2.15. The Kier molecular flexibility index (Phi) is 6.32. The van der Waals surface area contributed by atoms with Crippen LogP contribution in [-0.2, 0) is 16.0 Å². The lowest BCUT2D eigenvalue weighted by Gasteiger charge is -2.11. The van der Waals surface area contributed by atoms with E-state index in [2.05, 4.69) is 10.6 Å². The Morgan fingerprint density at radius 3 is 2.35 bits per heavy atom. The summed E-state index contributed by atoms with van der Waals surface area (Å²) in [5, 5.41) is 13.8. The standard InChI is InChI=1S/C18H20N2O3/c21-12-6-11-19-17(22)18(23)20-16-10-5-4-9-15(16)13-14-7-2-1-3-8-14/h1-5,7-10,21H,6,11-13H2,(H,19,22)(H,20,23). The van der Waals surface area contributed by atoms with Crippen LogP contribution in [0, 0.1) is 0 Å². The van der Waals surface area contributed by atoms with Crippen LogP contribution in [0.1, 0.15) is 17.5 Å². The second-order valence-corrected chi connectivity index (χ2v) is 5.11. The van der Waals surface area contributed by atoms with Crippen molar-refractivity contribution in [2.45, 2.75) is 12.8 Å². The van der Waals surface area contributed by atoms with E-state index in [0.29, 0.717) is 18.5 Å². The molecule has 0 bridgehead atoms. The average Bonchev–Trinajstić information content (AvgIpc) is 2.57. The van der Waals surface area contributed by atoms with E-state index in [1.54, 1.807) is 6.07 Å². The van der Waals surface area contributed by atoms with Crippen LogP contribution in [0.4, 0.5) is 5.69 Å². The lowest BCUT2D eigenvalue weighted by Crippen LogP contribution is -2.36. The van der Waals surface area contributed by atoms with E-state index in [1.165, 1.54) is 0 Å². The molecule has 120 valence electrons. The molecule has 0 saturated carbocycles. The van der Waals surface area contributed by atoms with Gasteiger partial charge in [0.05, 0.1) is 0 Å². The number of hydrogen-bond donors (Lipinski definition) is 3. The number of hydrogen-bond acceptors (Lipinski definition) is 3. The summed E-state index contributed by atoms with van der Waals surface area (Å²) in [4.78, 5) is 23.6. The zero-order chi connectivity index (χ0) is 16.5. The number of benzene rings is 2.